The van der Waals surface area contributed by atoms with Gasteiger partial charge in [0, 0.05) is 20.1 Å². The van der Waals surface area contributed by atoms with Crippen molar-refractivity contribution in [3.8, 4) is 0 Å². The summed E-state index contributed by atoms with van der Waals surface area (Å²) in [7, 11) is 1.53. The van der Waals surface area contributed by atoms with Crippen LogP contribution in [0.5, 0.6) is 0 Å². The molecule has 0 bridgehead atoms. The maximum Gasteiger partial charge on any atom is 0.287 e. The second kappa shape index (κ2) is 6.97. The average Bonchev–Trinajstić information content (AvgIpc) is 2.33. The normalized spacial score (nSPS) is 10.3. The topological polar surface area (TPSA) is 99.2 Å². The van der Waals surface area contributed by atoms with Gasteiger partial charge >= 0.3 is 0 Å². The summed E-state index contributed by atoms with van der Waals surface area (Å²) >= 11 is 5.90. The van der Waals surface area contributed by atoms with Crippen molar-refractivity contribution in [3.05, 3.63) is 21.6 Å². The van der Waals surface area contributed by atoms with E-state index in [0.717, 1.165) is 0 Å². The van der Waals surface area contributed by atoms with Crippen molar-refractivity contribution in [2.45, 2.75) is 13.0 Å². The first kappa shape index (κ1) is 14.5. The number of nitrogens with zero attached hydrogens (tertiary/aromatic N) is 2. The molecule has 0 aliphatic rings. The first-order chi connectivity index (χ1) is 8.56. The molecule has 1 aromatic rings. The summed E-state index contributed by atoms with van der Waals surface area (Å²) in [5.41, 5.74) is 4.98. The van der Waals surface area contributed by atoms with Crippen molar-refractivity contribution in [2.75, 3.05) is 25.6 Å². The molecule has 0 aliphatic carbocycles. The molecule has 1 rings (SSSR count). The van der Waals surface area contributed by atoms with Crippen LogP contribution in [0, 0.1) is 0 Å². The van der Waals surface area contributed by atoms with Crippen molar-refractivity contribution in [3.63, 3.8) is 0 Å². The Hall–Kier alpha value is -1.60. The molecule has 7 nitrogen and oxygen atoms in total. The van der Waals surface area contributed by atoms with Crippen LogP contribution in [0.1, 0.15) is 6.42 Å². The van der Waals surface area contributed by atoms with Gasteiger partial charge < -0.3 is 15.8 Å². The largest absolute Gasteiger partial charge is 0.383 e. The van der Waals surface area contributed by atoms with Crippen LogP contribution in [-0.2, 0) is 16.1 Å². The lowest BCUT2D eigenvalue weighted by Gasteiger charge is -2.09. The number of carbonyl (C=O) groups is 1. The van der Waals surface area contributed by atoms with Crippen LogP contribution < -0.4 is 16.6 Å². The lowest BCUT2D eigenvalue weighted by Crippen LogP contribution is -2.26. The Labute approximate surface area is 109 Å². The number of hydrogen-bond acceptors (Lipinski definition) is 5. The standard InChI is InChI=1S/C10H15ClN4O3/c1-18-5-4-15-10(17)9(11)7(6-14-15)13-3-2-8(12)16/h6,13H,2-5H2,1H3,(H2,12,16). The number of nitrogens with one attached hydrogen (secondary N) is 1. The monoisotopic (exact) mass is 274 g/mol. The van der Waals surface area contributed by atoms with Crippen LogP contribution >= 0.6 is 11.6 Å². The van der Waals surface area contributed by atoms with E-state index in [2.05, 4.69) is 10.4 Å². The van der Waals surface area contributed by atoms with Crippen molar-refractivity contribution in [1.82, 2.24) is 9.78 Å². The molecule has 18 heavy (non-hydrogen) atoms. The molecule has 100 valence electrons. The summed E-state index contributed by atoms with van der Waals surface area (Å²) in [4.78, 5) is 22.3. The van der Waals surface area contributed by atoms with Gasteiger partial charge in [-0.25, -0.2) is 4.68 Å². The number of aromatic nitrogens is 2. The Kier molecular flexibility index (Phi) is 5.60. The fourth-order valence-corrected chi connectivity index (χ4v) is 1.46. The van der Waals surface area contributed by atoms with E-state index in [1.165, 1.54) is 18.0 Å². The maximum absolute atomic E-state index is 11.8. The second-order valence-electron chi connectivity index (χ2n) is 3.54. The molecule has 1 amide bonds. The molecular weight excluding hydrogens is 260 g/mol. The number of amides is 1. The molecular formula is C10H15ClN4O3. The molecule has 1 heterocycles. The zero-order chi connectivity index (χ0) is 13.5. The van der Waals surface area contributed by atoms with Crippen molar-refractivity contribution >= 4 is 23.2 Å². The van der Waals surface area contributed by atoms with Gasteiger partial charge in [-0.15, -0.1) is 0 Å². The van der Waals surface area contributed by atoms with E-state index in [1.807, 2.05) is 0 Å². The lowest BCUT2D eigenvalue weighted by molar-refractivity contribution is -0.117. The summed E-state index contributed by atoms with van der Waals surface area (Å²) in [6, 6.07) is 0. The Balaban J connectivity index is 2.74. The Bertz CT molecular complexity index is 475. The SMILES string of the molecule is COCCn1ncc(NCCC(N)=O)c(Cl)c1=O. The van der Waals surface area contributed by atoms with Crippen LogP contribution in [0.4, 0.5) is 5.69 Å². The Morgan fingerprint density at radius 3 is 3.00 bits per heavy atom. The summed E-state index contributed by atoms with van der Waals surface area (Å²) in [6.45, 7) is 1.01. The predicted molar refractivity (Wildman–Crippen MR) is 67.7 cm³/mol. The highest BCUT2D eigenvalue weighted by atomic mass is 35.5. The van der Waals surface area contributed by atoms with Gasteiger partial charge in [-0.1, -0.05) is 11.6 Å². The van der Waals surface area contributed by atoms with Gasteiger partial charge in [0.2, 0.25) is 5.91 Å². The second-order valence-corrected chi connectivity index (χ2v) is 3.91. The van der Waals surface area contributed by atoms with E-state index in [0.29, 0.717) is 25.4 Å². The average molecular weight is 275 g/mol. The quantitative estimate of drug-likeness (QED) is 0.719. The van der Waals surface area contributed by atoms with E-state index in [4.69, 9.17) is 22.1 Å². The maximum atomic E-state index is 11.8. The number of ether oxygens (including phenoxy) is 1. The van der Waals surface area contributed by atoms with Crippen LogP contribution in [0.3, 0.4) is 0 Å². The van der Waals surface area contributed by atoms with E-state index < -0.39 is 11.5 Å². The molecule has 0 radical (unpaired) electrons. The van der Waals surface area contributed by atoms with Crippen LogP contribution in [-0.4, -0.2) is 35.9 Å². The van der Waals surface area contributed by atoms with Gasteiger partial charge in [-0.3, -0.25) is 9.59 Å². The van der Waals surface area contributed by atoms with Gasteiger partial charge in [0.05, 0.1) is 25.0 Å². The van der Waals surface area contributed by atoms with Gasteiger partial charge in [0.15, 0.2) is 0 Å². The highest BCUT2D eigenvalue weighted by Gasteiger charge is 2.08. The number of rotatable bonds is 7. The summed E-state index contributed by atoms with van der Waals surface area (Å²) in [5.74, 6) is -0.431. The molecule has 8 heteroatoms. The first-order valence-electron chi connectivity index (χ1n) is 5.33. The van der Waals surface area contributed by atoms with Crippen molar-refractivity contribution in [2.24, 2.45) is 5.73 Å². The number of carbonyl (C=O) groups excluding carboxylic acids is 1. The highest BCUT2D eigenvalue weighted by molar-refractivity contribution is 6.32. The molecule has 0 saturated heterocycles. The highest BCUT2D eigenvalue weighted by Crippen LogP contribution is 2.14. The third-order valence-corrected chi connectivity index (χ3v) is 2.54. The molecule has 0 saturated carbocycles. The number of halogens is 1. The summed E-state index contributed by atoms with van der Waals surface area (Å²) < 4.78 is 6.07. The van der Waals surface area contributed by atoms with E-state index in [9.17, 15) is 9.59 Å². The lowest BCUT2D eigenvalue weighted by atomic mass is 10.4. The van der Waals surface area contributed by atoms with Crippen LogP contribution in [0.15, 0.2) is 11.0 Å². The third-order valence-electron chi connectivity index (χ3n) is 2.18. The van der Waals surface area contributed by atoms with E-state index in [1.54, 1.807) is 0 Å². The zero-order valence-electron chi connectivity index (χ0n) is 9.98. The number of anilines is 1. The Morgan fingerprint density at radius 1 is 1.67 bits per heavy atom. The minimum Gasteiger partial charge on any atom is -0.383 e. The number of methoxy groups -OCH3 is 1. The molecule has 0 unspecified atom stereocenters. The van der Waals surface area contributed by atoms with Crippen LogP contribution in [0.2, 0.25) is 5.02 Å². The van der Waals surface area contributed by atoms with Crippen molar-refractivity contribution in [1.29, 1.82) is 0 Å². The Morgan fingerprint density at radius 2 is 2.39 bits per heavy atom. The number of hydrogen-bond donors (Lipinski definition) is 2. The molecule has 1 aromatic heterocycles. The number of nitrogens with two attached hydrogens (primary N) is 1. The molecule has 3 N–H and O–H groups in total. The summed E-state index contributed by atoms with van der Waals surface area (Å²) in [5, 5.41) is 6.80. The number of primary amides is 1. The fourth-order valence-electron chi connectivity index (χ4n) is 1.25. The summed E-state index contributed by atoms with van der Waals surface area (Å²) in [6.07, 6.45) is 1.59. The predicted octanol–water partition coefficient (Wildman–Crippen LogP) is -0.170. The molecule has 0 aromatic carbocycles. The van der Waals surface area contributed by atoms with Gasteiger partial charge in [-0.2, -0.15) is 5.10 Å². The van der Waals surface area contributed by atoms with Crippen molar-refractivity contribution < 1.29 is 9.53 Å². The molecule has 0 atom stereocenters. The smallest absolute Gasteiger partial charge is 0.287 e. The first-order valence-corrected chi connectivity index (χ1v) is 5.70. The third kappa shape index (κ3) is 4.01. The van der Waals surface area contributed by atoms with Crippen LogP contribution in [0.25, 0.3) is 0 Å². The van der Waals surface area contributed by atoms with E-state index in [-0.39, 0.29) is 11.4 Å². The van der Waals surface area contributed by atoms with E-state index >= 15 is 0 Å². The minimum absolute atomic E-state index is 0.0329. The van der Waals surface area contributed by atoms with Gasteiger partial charge in [0.25, 0.3) is 5.56 Å². The molecule has 0 spiro atoms. The minimum atomic E-state index is -0.431. The zero-order valence-corrected chi connectivity index (χ0v) is 10.7. The van der Waals surface area contributed by atoms with Gasteiger partial charge in [-0.05, 0) is 0 Å². The molecule has 0 aliphatic heterocycles. The molecule has 0 fully saturated rings. The van der Waals surface area contributed by atoms with Gasteiger partial charge in [0.1, 0.15) is 5.02 Å². The fraction of sp³-hybridized carbons (Fsp3) is 0.500.